The summed E-state index contributed by atoms with van der Waals surface area (Å²) in [6.07, 6.45) is 1.06. The quantitative estimate of drug-likeness (QED) is 0.866. The number of aryl methyl sites for hydroxylation is 1. The van der Waals surface area contributed by atoms with E-state index in [2.05, 4.69) is 0 Å². The molecule has 6 heteroatoms. The standard InChI is InChI=1S/C15H14F2O3S/c1-9-4-6-14(15(10(9)2)21(3,18)19)20-13-7-5-11(16)8-12(13)17/h4-8H,1-3H3. The van der Waals surface area contributed by atoms with Crippen LogP contribution in [-0.2, 0) is 9.84 Å². The molecule has 0 N–H and O–H groups in total. The number of hydrogen-bond acceptors (Lipinski definition) is 3. The van der Waals surface area contributed by atoms with Crippen LogP contribution in [0.1, 0.15) is 11.1 Å². The van der Waals surface area contributed by atoms with Gasteiger partial charge in [-0.05, 0) is 43.2 Å². The molecule has 0 unspecified atom stereocenters. The molecule has 112 valence electrons. The van der Waals surface area contributed by atoms with Crippen LogP contribution in [0.3, 0.4) is 0 Å². The van der Waals surface area contributed by atoms with Crippen molar-refractivity contribution >= 4 is 9.84 Å². The summed E-state index contributed by atoms with van der Waals surface area (Å²) in [5, 5.41) is 0. The highest BCUT2D eigenvalue weighted by Gasteiger charge is 2.20. The summed E-state index contributed by atoms with van der Waals surface area (Å²) in [7, 11) is -3.55. The summed E-state index contributed by atoms with van der Waals surface area (Å²) in [6, 6.07) is 5.98. The molecule has 0 saturated heterocycles. The summed E-state index contributed by atoms with van der Waals surface area (Å²) < 4.78 is 55.7. The monoisotopic (exact) mass is 312 g/mol. The summed E-state index contributed by atoms with van der Waals surface area (Å²) >= 11 is 0. The van der Waals surface area contributed by atoms with Crippen LogP contribution in [0.25, 0.3) is 0 Å². The van der Waals surface area contributed by atoms with Crippen molar-refractivity contribution in [1.29, 1.82) is 0 Å². The third-order valence-electron chi connectivity index (χ3n) is 3.13. The maximum atomic E-state index is 13.6. The van der Waals surface area contributed by atoms with E-state index < -0.39 is 21.5 Å². The van der Waals surface area contributed by atoms with E-state index in [1.54, 1.807) is 19.9 Å². The molecular formula is C15H14F2O3S. The number of rotatable bonds is 3. The lowest BCUT2D eigenvalue weighted by Crippen LogP contribution is -2.05. The maximum Gasteiger partial charge on any atom is 0.179 e. The maximum absolute atomic E-state index is 13.6. The minimum Gasteiger partial charge on any atom is -0.453 e. The van der Waals surface area contributed by atoms with Crippen molar-refractivity contribution in [3.8, 4) is 11.5 Å². The predicted octanol–water partition coefficient (Wildman–Crippen LogP) is 3.78. The number of benzene rings is 2. The Hall–Kier alpha value is -1.95. The molecule has 2 aromatic carbocycles. The second-order valence-electron chi connectivity index (χ2n) is 4.78. The average Bonchev–Trinajstić information content (AvgIpc) is 2.35. The lowest BCUT2D eigenvalue weighted by molar-refractivity contribution is 0.427. The van der Waals surface area contributed by atoms with Gasteiger partial charge in [0.2, 0.25) is 0 Å². The Labute approximate surface area is 122 Å². The van der Waals surface area contributed by atoms with E-state index in [1.165, 1.54) is 6.07 Å². The van der Waals surface area contributed by atoms with Crippen molar-refractivity contribution < 1.29 is 21.9 Å². The summed E-state index contributed by atoms with van der Waals surface area (Å²) in [6.45, 7) is 3.42. The molecule has 0 aliphatic heterocycles. The highest BCUT2D eigenvalue weighted by molar-refractivity contribution is 7.90. The lowest BCUT2D eigenvalue weighted by atomic mass is 10.1. The van der Waals surface area contributed by atoms with E-state index in [0.717, 1.165) is 24.0 Å². The Balaban J connectivity index is 2.57. The fraction of sp³-hybridized carbons (Fsp3) is 0.200. The molecular weight excluding hydrogens is 298 g/mol. The van der Waals surface area contributed by atoms with Crippen LogP contribution < -0.4 is 4.74 Å². The van der Waals surface area contributed by atoms with Crippen LogP contribution in [0.2, 0.25) is 0 Å². The van der Waals surface area contributed by atoms with E-state index in [0.29, 0.717) is 11.6 Å². The van der Waals surface area contributed by atoms with E-state index in [-0.39, 0.29) is 16.4 Å². The SMILES string of the molecule is Cc1ccc(Oc2ccc(F)cc2F)c(S(C)(=O)=O)c1C. The average molecular weight is 312 g/mol. The van der Waals surface area contributed by atoms with Crippen molar-refractivity contribution in [2.45, 2.75) is 18.7 Å². The Morgan fingerprint density at radius 2 is 1.62 bits per heavy atom. The van der Waals surface area contributed by atoms with E-state index in [4.69, 9.17) is 4.74 Å². The Bertz CT molecular complexity index is 799. The minimum absolute atomic E-state index is 0.00576. The van der Waals surface area contributed by atoms with E-state index in [1.807, 2.05) is 0 Å². The van der Waals surface area contributed by atoms with Gasteiger partial charge in [-0.15, -0.1) is 0 Å². The number of sulfone groups is 1. The van der Waals surface area contributed by atoms with Gasteiger partial charge >= 0.3 is 0 Å². The first kappa shape index (κ1) is 15.4. The number of ether oxygens (including phenoxy) is 1. The zero-order chi connectivity index (χ0) is 15.8. The zero-order valence-corrected chi connectivity index (χ0v) is 12.6. The first-order valence-electron chi connectivity index (χ1n) is 6.13. The Morgan fingerprint density at radius 3 is 2.19 bits per heavy atom. The Kier molecular flexibility index (Phi) is 4.00. The molecule has 0 amide bonds. The van der Waals surface area contributed by atoms with Gasteiger partial charge in [0.1, 0.15) is 16.5 Å². The van der Waals surface area contributed by atoms with Gasteiger partial charge in [0.05, 0.1) is 0 Å². The van der Waals surface area contributed by atoms with Gasteiger partial charge in [-0.2, -0.15) is 0 Å². The molecule has 0 aliphatic carbocycles. The third-order valence-corrected chi connectivity index (χ3v) is 4.37. The van der Waals surface area contributed by atoms with Crippen molar-refractivity contribution in [1.82, 2.24) is 0 Å². The molecule has 0 atom stereocenters. The fourth-order valence-electron chi connectivity index (χ4n) is 1.98. The van der Waals surface area contributed by atoms with E-state index >= 15 is 0 Å². The summed E-state index contributed by atoms with van der Waals surface area (Å²) in [4.78, 5) is 0.00576. The van der Waals surface area contributed by atoms with Crippen LogP contribution in [-0.4, -0.2) is 14.7 Å². The van der Waals surface area contributed by atoms with Crippen LogP contribution in [0.15, 0.2) is 35.2 Å². The molecule has 0 saturated carbocycles. The highest BCUT2D eigenvalue weighted by Crippen LogP contribution is 2.34. The Morgan fingerprint density at radius 1 is 1.00 bits per heavy atom. The molecule has 0 heterocycles. The molecule has 21 heavy (non-hydrogen) atoms. The van der Waals surface area contributed by atoms with Gasteiger partial charge in [-0.1, -0.05) is 6.07 Å². The number of halogens is 2. The van der Waals surface area contributed by atoms with Crippen molar-refractivity contribution in [3.05, 3.63) is 53.1 Å². The second-order valence-corrected chi connectivity index (χ2v) is 6.74. The second kappa shape index (κ2) is 5.44. The molecule has 0 bridgehead atoms. The number of hydrogen-bond donors (Lipinski definition) is 0. The van der Waals surface area contributed by atoms with Gasteiger partial charge < -0.3 is 4.74 Å². The summed E-state index contributed by atoms with van der Waals surface area (Å²) in [5.41, 5.74) is 1.32. The van der Waals surface area contributed by atoms with Crippen LogP contribution in [0.5, 0.6) is 11.5 Å². The largest absolute Gasteiger partial charge is 0.453 e. The van der Waals surface area contributed by atoms with E-state index in [9.17, 15) is 17.2 Å². The van der Waals surface area contributed by atoms with Gasteiger partial charge in [0.15, 0.2) is 21.4 Å². The van der Waals surface area contributed by atoms with Gasteiger partial charge in [-0.25, -0.2) is 17.2 Å². The first-order valence-corrected chi connectivity index (χ1v) is 8.02. The summed E-state index contributed by atoms with van der Waals surface area (Å²) in [5.74, 6) is -1.84. The topological polar surface area (TPSA) is 43.4 Å². The minimum atomic E-state index is -3.55. The van der Waals surface area contributed by atoms with Crippen molar-refractivity contribution in [3.63, 3.8) is 0 Å². The van der Waals surface area contributed by atoms with Crippen molar-refractivity contribution in [2.24, 2.45) is 0 Å². The van der Waals surface area contributed by atoms with Crippen LogP contribution in [0, 0.1) is 25.5 Å². The fourth-order valence-corrected chi connectivity index (χ4v) is 3.18. The molecule has 0 radical (unpaired) electrons. The lowest BCUT2D eigenvalue weighted by Gasteiger charge is -2.14. The first-order chi connectivity index (χ1) is 9.70. The van der Waals surface area contributed by atoms with Crippen molar-refractivity contribution in [2.75, 3.05) is 6.26 Å². The molecule has 2 aromatic rings. The molecule has 2 rings (SSSR count). The normalized spacial score (nSPS) is 11.5. The van der Waals surface area contributed by atoms with Gasteiger partial charge in [0, 0.05) is 12.3 Å². The molecule has 0 spiro atoms. The smallest absolute Gasteiger partial charge is 0.179 e. The van der Waals surface area contributed by atoms with Crippen LogP contribution >= 0.6 is 0 Å². The highest BCUT2D eigenvalue weighted by atomic mass is 32.2. The third kappa shape index (κ3) is 3.21. The van der Waals surface area contributed by atoms with Gasteiger partial charge in [-0.3, -0.25) is 0 Å². The predicted molar refractivity (Wildman–Crippen MR) is 75.5 cm³/mol. The molecule has 0 aliphatic rings. The molecule has 3 nitrogen and oxygen atoms in total. The van der Waals surface area contributed by atoms with Gasteiger partial charge in [0.25, 0.3) is 0 Å². The molecule has 0 aromatic heterocycles. The molecule has 0 fully saturated rings. The zero-order valence-electron chi connectivity index (χ0n) is 11.8. The van der Waals surface area contributed by atoms with Crippen LogP contribution in [0.4, 0.5) is 8.78 Å².